The van der Waals surface area contributed by atoms with Gasteiger partial charge in [0.15, 0.2) is 9.84 Å². The highest BCUT2D eigenvalue weighted by atomic mass is 32.2. The van der Waals surface area contributed by atoms with E-state index in [4.69, 9.17) is 5.21 Å². The van der Waals surface area contributed by atoms with Crippen molar-refractivity contribution in [2.45, 2.75) is 4.90 Å². The average molecular weight is 174 g/mol. The second-order valence-corrected chi connectivity index (χ2v) is 4.20. The van der Waals surface area contributed by atoms with Crippen molar-refractivity contribution in [3.8, 4) is 0 Å². The number of sulfone groups is 1. The maximum Gasteiger partial charge on any atom is 0.223 e. The number of aromatic nitrogens is 1. The van der Waals surface area contributed by atoms with E-state index >= 15 is 0 Å². The zero-order valence-corrected chi connectivity index (χ0v) is 6.75. The van der Waals surface area contributed by atoms with Crippen LogP contribution in [0.4, 0.5) is 0 Å². The summed E-state index contributed by atoms with van der Waals surface area (Å²) in [6.07, 6.45) is 3.64. The van der Waals surface area contributed by atoms with Crippen molar-refractivity contribution in [2.75, 3.05) is 6.26 Å². The van der Waals surface area contributed by atoms with Gasteiger partial charge in [0.1, 0.15) is 0 Å². The summed E-state index contributed by atoms with van der Waals surface area (Å²) >= 11 is 0. The summed E-state index contributed by atoms with van der Waals surface area (Å²) in [4.78, 5) is 0.197. The van der Waals surface area contributed by atoms with Crippen LogP contribution in [0.2, 0.25) is 0 Å². The molecule has 0 aliphatic heterocycles. The van der Waals surface area contributed by atoms with Crippen molar-refractivity contribution in [1.82, 2.24) is 0 Å². The van der Waals surface area contributed by atoms with E-state index in [0.29, 0.717) is 0 Å². The Kier molecular flexibility index (Phi) is 1.82. The van der Waals surface area contributed by atoms with Crippen molar-refractivity contribution < 1.29 is 18.4 Å². The van der Waals surface area contributed by atoms with E-state index in [1.165, 1.54) is 24.5 Å². The van der Waals surface area contributed by atoms with Gasteiger partial charge in [0.05, 0.1) is 4.90 Å². The van der Waals surface area contributed by atoms with Crippen LogP contribution in [-0.4, -0.2) is 19.9 Å². The minimum Gasteiger partial charge on any atom is -0.285 e. The average Bonchev–Trinajstić information content (AvgIpc) is 1.86. The van der Waals surface area contributed by atoms with Gasteiger partial charge in [-0.2, -0.15) is 0 Å². The molecule has 0 aromatic carbocycles. The Labute approximate surface area is 64.6 Å². The fourth-order valence-electron chi connectivity index (χ4n) is 0.652. The molecule has 0 fully saturated rings. The molecule has 1 N–H and O–H groups in total. The van der Waals surface area contributed by atoms with Gasteiger partial charge in [0.25, 0.3) is 0 Å². The monoisotopic (exact) mass is 174 g/mol. The predicted molar refractivity (Wildman–Crippen MR) is 36.9 cm³/mol. The molecule has 0 radical (unpaired) electrons. The maximum atomic E-state index is 10.9. The topological polar surface area (TPSA) is 58.2 Å². The van der Waals surface area contributed by atoms with Crippen LogP contribution < -0.4 is 4.73 Å². The fraction of sp³-hybridized carbons (Fsp3) is 0.167. The lowest BCUT2D eigenvalue weighted by Gasteiger charge is -1.92. The number of hydrogen-bond donors (Lipinski definition) is 1. The normalized spacial score (nSPS) is 11.4. The van der Waals surface area contributed by atoms with Gasteiger partial charge in [-0.25, -0.2) is 8.42 Å². The summed E-state index contributed by atoms with van der Waals surface area (Å²) in [5.74, 6) is 0. The summed E-state index contributed by atoms with van der Waals surface area (Å²) in [5, 5.41) is 8.74. The molecule has 0 saturated carbocycles. The van der Waals surface area contributed by atoms with E-state index < -0.39 is 9.84 Å². The third-order valence-electron chi connectivity index (χ3n) is 1.21. The fourth-order valence-corrected chi connectivity index (χ4v) is 1.27. The largest absolute Gasteiger partial charge is 0.285 e. The number of rotatable bonds is 1. The van der Waals surface area contributed by atoms with Crippen molar-refractivity contribution in [3.63, 3.8) is 0 Å². The first-order valence-corrected chi connectivity index (χ1v) is 4.80. The number of nitrogens with zero attached hydrogens (tertiary/aromatic N) is 1. The zero-order valence-electron chi connectivity index (χ0n) is 5.93. The van der Waals surface area contributed by atoms with Crippen molar-refractivity contribution in [3.05, 3.63) is 24.5 Å². The molecule has 60 valence electrons. The number of hydrogen-bond acceptors (Lipinski definition) is 3. The highest BCUT2D eigenvalue weighted by molar-refractivity contribution is 7.90. The molecule has 5 heteroatoms. The van der Waals surface area contributed by atoms with Crippen LogP contribution in [0.1, 0.15) is 0 Å². The lowest BCUT2D eigenvalue weighted by atomic mass is 10.5. The minimum absolute atomic E-state index is 0.197. The van der Waals surface area contributed by atoms with Crippen molar-refractivity contribution >= 4 is 9.84 Å². The molecule has 11 heavy (non-hydrogen) atoms. The summed E-state index contributed by atoms with van der Waals surface area (Å²) in [6.45, 7) is 0. The first-order valence-electron chi connectivity index (χ1n) is 2.91. The Morgan fingerprint density at radius 1 is 1.36 bits per heavy atom. The summed E-state index contributed by atoms with van der Waals surface area (Å²) in [7, 11) is -3.14. The Balaban J connectivity index is 3.20. The Hall–Kier alpha value is -1.10. The summed E-state index contributed by atoms with van der Waals surface area (Å²) in [6, 6.07) is 2.66. The molecule has 0 unspecified atom stereocenters. The molecular formula is C6H8NO3S+. The molecule has 0 atom stereocenters. The van der Waals surface area contributed by atoms with Gasteiger partial charge in [-0.3, -0.25) is 5.21 Å². The van der Waals surface area contributed by atoms with Crippen LogP contribution >= 0.6 is 0 Å². The van der Waals surface area contributed by atoms with Crippen molar-refractivity contribution in [2.24, 2.45) is 0 Å². The lowest BCUT2D eigenvalue weighted by molar-refractivity contribution is -0.905. The van der Waals surface area contributed by atoms with Crippen LogP contribution in [0.25, 0.3) is 0 Å². The molecule has 0 aliphatic carbocycles. The molecule has 0 bridgehead atoms. The quantitative estimate of drug-likeness (QED) is 0.466. The Morgan fingerprint density at radius 3 is 2.18 bits per heavy atom. The van der Waals surface area contributed by atoms with Crippen molar-refractivity contribution in [1.29, 1.82) is 0 Å². The van der Waals surface area contributed by atoms with E-state index in [2.05, 4.69) is 0 Å². The van der Waals surface area contributed by atoms with Gasteiger partial charge >= 0.3 is 0 Å². The van der Waals surface area contributed by atoms with Gasteiger partial charge in [-0.05, 0) is 0 Å². The van der Waals surface area contributed by atoms with Crippen LogP contribution in [0.5, 0.6) is 0 Å². The Bertz CT molecular complexity index is 341. The first kappa shape index (κ1) is 8.00. The van der Waals surface area contributed by atoms with E-state index in [1.807, 2.05) is 0 Å². The first-order chi connectivity index (χ1) is 5.00. The second-order valence-electron chi connectivity index (χ2n) is 2.19. The molecule has 1 aromatic rings. The SMILES string of the molecule is CS(=O)(=O)c1cc[n+](O)cc1. The maximum absolute atomic E-state index is 10.9. The molecule has 1 heterocycles. The molecule has 0 aliphatic rings. The molecule has 1 aromatic heterocycles. The molecule has 0 spiro atoms. The van der Waals surface area contributed by atoms with Gasteiger partial charge < -0.3 is 0 Å². The zero-order chi connectivity index (χ0) is 8.48. The third-order valence-corrected chi connectivity index (χ3v) is 2.34. The van der Waals surface area contributed by atoms with E-state index in [9.17, 15) is 8.42 Å². The molecular weight excluding hydrogens is 166 g/mol. The summed E-state index contributed by atoms with van der Waals surface area (Å²) in [5.41, 5.74) is 0. The molecule has 4 nitrogen and oxygen atoms in total. The lowest BCUT2D eigenvalue weighted by Crippen LogP contribution is -2.28. The van der Waals surface area contributed by atoms with Crippen LogP contribution in [0.15, 0.2) is 29.4 Å². The highest BCUT2D eigenvalue weighted by Gasteiger charge is 2.07. The van der Waals surface area contributed by atoms with Gasteiger partial charge in [-0.15, -0.1) is 0 Å². The van der Waals surface area contributed by atoms with E-state index in [-0.39, 0.29) is 4.90 Å². The summed E-state index contributed by atoms with van der Waals surface area (Å²) < 4.78 is 22.5. The van der Waals surface area contributed by atoms with Gasteiger partial charge in [-0.1, -0.05) is 0 Å². The highest BCUT2D eigenvalue weighted by Crippen LogP contribution is 2.03. The molecule has 0 saturated heterocycles. The molecule has 0 amide bonds. The standard InChI is InChI=1S/C6H8NO3S/c1-11(9,10)6-2-4-7(8)5-3-6/h2-5,8H,1H3/q+1. The second kappa shape index (κ2) is 2.50. The van der Waals surface area contributed by atoms with Crippen LogP contribution in [0.3, 0.4) is 0 Å². The van der Waals surface area contributed by atoms with E-state index in [1.54, 1.807) is 0 Å². The number of pyridine rings is 1. The van der Waals surface area contributed by atoms with E-state index in [0.717, 1.165) is 11.0 Å². The van der Waals surface area contributed by atoms with Gasteiger partial charge in [0, 0.05) is 23.1 Å². The predicted octanol–water partition coefficient (Wildman–Crippen LogP) is -0.385. The van der Waals surface area contributed by atoms with Crippen LogP contribution in [-0.2, 0) is 9.84 Å². The molecule has 1 rings (SSSR count). The third kappa shape index (κ3) is 1.91. The van der Waals surface area contributed by atoms with Crippen LogP contribution in [0, 0.1) is 0 Å². The minimum atomic E-state index is -3.14. The smallest absolute Gasteiger partial charge is 0.223 e. The Morgan fingerprint density at radius 2 is 1.82 bits per heavy atom. The van der Waals surface area contributed by atoms with Gasteiger partial charge in [0.2, 0.25) is 12.4 Å².